The lowest BCUT2D eigenvalue weighted by Gasteiger charge is -2.29. The maximum Gasteiger partial charge on any atom is 0.231 e. The van der Waals surface area contributed by atoms with E-state index in [1.165, 1.54) is 0 Å². The molecule has 124 valence electrons. The number of nitrogens with zero attached hydrogens (tertiary/aromatic N) is 2. The van der Waals surface area contributed by atoms with E-state index >= 15 is 0 Å². The minimum absolute atomic E-state index is 0.0967. The molecule has 0 aromatic carbocycles. The number of aliphatic hydroxyl groups excluding tert-OH is 1. The number of hydrogen-bond acceptors (Lipinski definition) is 7. The Labute approximate surface area is 137 Å². The molecule has 8 heteroatoms. The molecular formula is C15H20N4O3S. The molecule has 1 aliphatic carbocycles. The summed E-state index contributed by atoms with van der Waals surface area (Å²) in [6.45, 7) is 0.228. The van der Waals surface area contributed by atoms with Crippen LogP contribution < -0.4 is 11.1 Å². The van der Waals surface area contributed by atoms with E-state index in [1.807, 2.05) is 17.5 Å². The number of nitrogens with two attached hydrogens (primary N) is 1. The fraction of sp³-hybridized carbons (Fsp3) is 0.533. The Bertz CT molecular complexity index is 643. The van der Waals surface area contributed by atoms with Crippen molar-refractivity contribution in [1.29, 1.82) is 0 Å². The Morgan fingerprint density at radius 1 is 1.52 bits per heavy atom. The molecule has 1 fully saturated rings. The van der Waals surface area contributed by atoms with Gasteiger partial charge >= 0.3 is 0 Å². The Balaban J connectivity index is 1.48. The van der Waals surface area contributed by atoms with Crippen molar-refractivity contribution in [3.05, 3.63) is 34.1 Å². The highest BCUT2D eigenvalue weighted by Crippen LogP contribution is 2.23. The van der Waals surface area contributed by atoms with Crippen LogP contribution in [0.2, 0.25) is 0 Å². The van der Waals surface area contributed by atoms with E-state index in [1.54, 1.807) is 11.3 Å². The third-order valence-corrected chi connectivity index (χ3v) is 4.95. The molecule has 0 unspecified atom stereocenters. The van der Waals surface area contributed by atoms with Gasteiger partial charge in [-0.2, -0.15) is 4.98 Å². The molecule has 0 saturated heterocycles. The van der Waals surface area contributed by atoms with Crippen LogP contribution in [0.25, 0.3) is 0 Å². The molecule has 1 amide bonds. The van der Waals surface area contributed by atoms with Gasteiger partial charge in [-0.1, -0.05) is 11.2 Å². The molecule has 2 aromatic rings. The van der Waals surface area contributed by atoms with Gasteiger partial charge in [-0.3, -0.25) is 4.79 Å². The molecule has 23 heavy (non-hydrogen) atoms. The van der Waals surface area contributed by atoms with E-state index < -0.39 is 6.10 Å². The summed E-state index contributed by atoms with van der Waals surface area (Å²) in [5.74, 6) is 0.691. The van der Waals surface area contributed by atoms with Gasteiger partial charge in [-0.25, -0.2) is 0 Å². The number of amides is 1. The van der Waals surface area contributed by atoms with Gasteiger partial charge in [-0.05, 0) is 30.7 Å². The van der Waals surface area contributed by atoms with Crippen molar-refractivity contribution in [1.82, 2.24) is 15.5 Å². The van der Waals surface area contributed by atoms with Gasteiger partial charge in [0.2, 0.25) is 11.8 Å². The first kappa shape index (κ1) is 16.1. The SMILES string of the molecule is N[C@H]1CC[C@H](C(=O)NCc2noc(Cc3cccs3)n2)C[C@@H]1O. The van der Waals surface area contributed by atoms with Gasteiger partial charge in [0.1, 0.15) is 0 Å². The zero-order chi connectivity index (χ0) is 16.2. The molecule has 0 bridgehead atoms. The Morgan fingerprint density at radius 2 is 2.39 bits per heavy atom. The summed E-state index contributed by atoms with van der Waals surface area (Å²) >= 11 is 1.63. The number of carbonyl (C=O) groups excluding carboxylic acids is 1. The average Bonchev–Trinajstić information content (AvgIpc) is 3.20. The van der Waals surface area contributed by atoms with Gasteiger partial charge in [-0.15, -0.1) is 11.3 Å². The quantitative estimate of drug-likeness (QED) is 0.745. The number of rotatable bonds is 5. The van der Waals surface area contributed by atoms with Crippen LogP contribution in [-0.4, -0.2) is 33.3 Å². The zero-order valence-corrected chi connectivity index (χ0v) is 13.5. The lowest BCUT2D eigenvalue weighted by atomic mass is 9.84. The molecule has 3 atom stereocenters. The fourth-order valence-electron chi connectivity index (χ4n) is 2.71. The molecule has 0 radical (unpaired) electrons. The molecule has 1 saturated carbocycles. The van der Waals surface area contributed by atoms with Crippen LogP contribution >= 0.6 is 11.3 Å². The van der Waals surface area contributed by atoms with Crippen LogP contribution in [0.1, 0.15) is 35.9 Å². The highest BCUT2D eigenvalue weighted by molar-refractivity contribution is 7.09. The summed E-state index contributed by atoms with van der Waals surface area (Å²) in [6, 6.07) is 3.76. The van der Waals surface area contributed by atoms with E-state index in [2.05, 4.69) is 15.5 Å². The molecule has 1 aliphatic rings. The molecule has 2 aromatic heterocycles. The van der Waals surface area contributed by atoms with Crippen LogP contribution in [0.5, 0.6) is 0 Å². The van der Waals surface area contributed by atoms with Crippen LogP contribution in [0, 0.1) is 5.92 Å². The summed E-state index contributed by atoms with van der Waals surface area (Å²) < 4.78 is 5.18. The summed E-state index contributed by atoms with van der Waals surface area (Å²) in [5, 5.41) is 18.4. The second kappa shape index (κ2) is 7.20. The van der Waals surface area contributed by atoms with Crippen molar-refractivity contribution in [2.24, 2.45) is 11.7 Å². The third kappa shape index (κ3) is 4.15. The van der Waals surface area contributed by atoms with E-state index in [4.69, 9.17) is 10.3 Å². The molecule has 2 heterocycles. The second-order valence-corrected chi connectivity index (χ2v) is 6.85. The van der Waals surface area contributed by atoms with Crippen LogP contribution in [0.4, 0.5) is 0 Å². The lowest BCUT2D eigenvalue weighted by Crippen LogP contribution is -2.44. The Morgan fingerprint density at radius 3 is 3.13 bits per heavy atom. The maximum atomic E-state index is 12.1. The van der Waals surface area contributed by atoms with Crippen LogP contribution in [0.15, 0.2) is 22.0 Å². The molecule has 0 aliphatic heterocycles. The third-order valence-electron chi connectivity index (χ3n) is 4.08. The molecular weight excluding hydrogens is 316 g/mol. The Hall–Kier alpha value is -1.77. The largest absolute Gasteiger partial charge is 0.391 e. The monoisotopic (exact) mass is 336 g/mol. The zero-order valence-electron chi connectivity index (χ0n) is 12.6. The number of carbonyl (C=O) groups is 1. The van der Waals surface area contributed by atoms with Crippen molar-refractivity contribution in [3.63, 3.8) is 0 Å². The lowest BCUT2D eigenvalue weighted by molar-refractivity contribution is -0.127. The first-order chi connectivity index (χ1) is 11.1. The standard InChI is InChI=1S/C15H20N4O3S/c16-11-4-3-9(6-12(11)20)15(21)17-8-13-18-14(22-19-13)7-10-2-1-5-23-10/h1-2,5,9,11-12,20H,3-4,6-8,16H2,(H,17,21)/t9-,11-,12-/m0/s1. The average molecular weight is 336 g/mol. The number of aromatic nitrogens is 2. The minimum Gasteiger partial charge on any atom is -0.391 e. The van der Waals surface area contributed by atoms with Crippen molar-refractivity contribution in [2.75, 3.05) is 0 Å². The maximum absolute atomic E-state index is 12.1. The molecule has 0 spiro atoms. The summed E-state index contributed by atoms with van der Waals surface area (Å²) in [4.78, 5) is 17.6. The van der Waals surface area contributed by atoms with Crippen molar-refractivity contribution >= 4 is 17.2 Å². The topological polar surface area (TPSA) is 114 Å². The first-order valence-corrected chi connectivity index (χ1v) is 8.55. The highest BCUT2D eigenvalue weighted by atomic mass is 32.1. The van der Waals surface area contributed by atoms with Gasteiger partial charge in [0.05, 0.1) is 19.1 Å². The van der Waals surface area contributed by atoms with E-state index in [0.29, 0.717) is 37.4 Å². The normalized spacial score (nSPS) is 24.5. The smallest absolute Gasteiger partial charge is 0.231 e. The fourth-order valence-corrected chi connectivity index (χ4v) is 3.41. The summed E-state index contributed by atoms with van der Waals surface area (Å²) in [5.41, 5.74) is 5.75. The number of aliphatic hydroxyl groups is 1. The van der Waals surface area contributed by atoms with E-state index in [9.17, 15) is 9.90 Å². The number of nitrogens with one attached hydrogen (secondary N) is 1. The Kier molecular flexibility index (Phi) is 5.04. The van der Waals surface area contributed by atoms with Crippen molar-refractivity contribution < 1.29 is 14.4 Å². The van der Waals surface area contributed by atoms with Crippen molar-refractivity contribution in [2.45, 2.75) is 44.4 Å². The second-order valence-electron chi connectivity index (χ2n) is 5.82. The number of hydrogen-bond donors (Lipinski definition) is 3. The van der Waals surface area contributed by atoms with Gasteiger partial charge in [0, 0.05) is 16.8 Å². The van der Waals surface area contributed by atoms with Crippen LogP contribution in [-0.2, 0) is 17.8 Å². The van der Waals surface area contributed by atoms with Gasteiger partial charge < -0.3 is 20.7 Å². The summed E-state index contributed by atoms with van der Waals surface area (Å²) in [6.07, 6.45) is 1.75. The van der Waals surface area contributed by atoms with E-state index in [0.717, 1.165) is 4.88 Å². The molecule has 7 nitrogen and oxygen atoms in total. The first-order valence-electron chi connectivity index (χ1n) is 7.67. The number of thiophene rings is 1. The predicted octanol–water partition coefficient (Wildman–Crippen LogP) is 0.826. The summed E-state index contributed by atoms with van der Waals surface area (Å²) in [7, 11) is 0. The van der Waals surface area contributed by atoms with Crippen molar-refractivity contribution in [3.8, 4) is 0 Å². The van der Waals surface area contributed by atoms with E-state index in [-0.39, 0.29) is 24.4 Å². The molecule has 3 rings (SSSR count). The minimum atomic E-state index is -0.609. The highest BCUT2D eigenvalue weighted by Gasteiger charge is 2.30. The van der Waals surface area contributed by atoms with Gasteiger partial charge in [0.25, 0.3) is 0 Å². The van der Waals surface area contributed by atoms with Gasteiger partial charge in [0.15, 0.2) is 5.82 Å². The predicted molar refractivity (Wildman–Crippen MR) is 84.6 cm³/mol. The van der Waals surface area contributed by atoms with Crippen LogP contribution in [0.3, 0.4) is 0 Å². The molecule has 4 N–H and O–H groups in total.